The molecule has 1 aromatic carbocycles. The standard InChI is InChI=1S/C11H15BrN2O.ClH/c1-7(13)11(15)14-8(2)9-3-5-10(12)6-4-9;/h3-8H,13H2,1-2H3,(H,14,15);1H/t7-,8?;/m0./s1. The van der Waals surface area contributed by atoms with Crippen molar-refractivity contribution >= 4 is 34.2 Å². The van der Waals surface area contributed by atoms with Crippen LogP contribution in [0.5, 0.6) is 0 Å². The highest BCUT2D eigenvalue weighted by molar-refractivity contribution is 9.10. The summed E-state index contributed by atoms with van der Waals surface area (Å²) in [5, 5.41) is 2.84. The number of nitrogens with two attached hydrogens (primary N) is 1. The van der Waals surface area contributed by atoms with Gasteiger partial charge >= 0.3 is 0 Å². The predicted molar refractivity (Wildman–Crippen MR) is 71.6 cm³/mol. The Kier molecular flexibility index (Phi) is 6.64. The number of carbonyl (C=O) groups is 1. The van der Waals surface area contributed by atoms with Crippen molar-refractivity contribution in [2.24, 2.45) is 5.73 Å². The van der Waals surface area contributed by atoms with Gasteiger partial charge in [0.25, 0.3) is 0 Å². The van der Waals surface area contributed by atoms with Crippen LogP contribution in [0.25, 0.3) is 0 Å². The lowest BCUT2D eigenvalue weighted by molar-refractivity contribution is -0.122. The number of halogens is 2. The average molecular weight is 308 g/mol. The smallest absolute Gasteiger partial charge is 0.237 e. The van der Waals surface area contributed by atoms with Crippen molar-refractivity contribution in [1.82, 2.24) is 5.32 Å². The number of benzene rings is 1. The topological polar surface area (TPSA) is 55.1 Å². The second-order valence-electron chi connectivity index (χ2n) is 3.57. The summed E-state index contributed by atoms with van der Waals surface area (Å²) < 4.78 is 1.02. The summed E-state index contributed by atoms with van der Waals surface area (Å²) in [5.41, 5.74) is 6.53. The van der Waals surface area contributed by atoms with Crippen molar-refractivity contribution in [2.75, 3.05) is 0 Å². The van der Waals surface area contributed by atoms with Gasteiger partial charge in [-0.2, -0.15) is 0 Å². The van der Waals surface area contributed by atoms with Crippen LogP contribution in [0.2, 0.25) is 0 Å². The lowest BCUT2D eigenvalue weighted by atomic mass is 10.1. The van der Waals surface area contributed by atoms with E-state index in [-0.39, 0.29) is 24.4 Å². The molecule has 0 saturated heterocycles. The van der Waals surface area contributed by atoms with Gasteiger partial charge in [-0.1, -0.05) is 28.1 Å². The van der Waals surface area contributed by atoms with Crippen molar-refractivity contribution in [1.29, 1.82) is 0 Å². The number of rotatable bonds is 3. The van der Waals surface area contributed by atoms with E-state index >= 15 is 0 Å². The van der Waals surface area contributed by atoms with E-state index in [4.69, 9.17) is 5.73 Å². The van der Waals surface area contributed by atoms with Crippen LogP contribution in [-0.2, 0) is 4.79 Å². The highest BCUT2D eigenvalue weighted by atomic mass is 79.9. The van der Waals surface area contributed by atoms with Crippen LogP contribution in [-0.4, -0.2) is 11.9 Å². The van der Waals surface area contributed by atoms with Crippen LogP contribution < -0.4 is 11.1 Å². The molecule has 0 aromatic heterocycles. The molecule has 1 rings (SSSR count). The molecule has 0 heterocycles. The SMILES string of the molecule is CC(NC(=O)[C@H](C)N)c1ccc(Br)cc1.Cl. The van der Waals surface area contributed by atoms with Crippen LogP contribution in [0.3, 0.4) is 0 Å². The molecule has 1 unspecified atom stereocenters. The molecule has 0 fully saturated rings. The van der Waals surface area contributed by atoms with E-state index in [9.17, 15) is 4.79 Å². The van der Waals surface area contributed by atoms with Gasteiger partial charge in [0.1, 0.15) is 0 Å². The summed E-state index contributed by atoms with van der Waals surface area (Å²) in [6.45, 7) is 3.60. The lowest BCUT2D eigenvalue weighted by Gasteiger charge is -2.15. The quantitative estimate of drug-likeness (QED) is 0.901. The molecular formula is C11H16BrClN2O. The van der Waals surface area contributed by atoms with Gasteiger partial charge in [0, 0.05) is 4.47 Å². The minimum absolute atomic E-state index is 0. The maximum atomic E-state index is 11.3. The normalized spacial score (nSPS) is 13.5. The molecule has 0 bridgehead atoms. The zero-order valence-corrected chi connectivity index (χ0v) is 11.6. The largest absolute Gasteiger partial charge is 0.348 e. The van der Waals surface area contributed by atoms with E-state index < -0.39 is 6.04 Å². The minimum atomic E-state index is -0.470. The molecule has 2 atom stereocenters. The van der Waals surface area contributed by atoms with Crippen molar-refractivity contribution in [2.45, 2.75) is 25.9 Å². The first kappa shape index (κ1) is 15.4. The summed E-state index contributed by atoms with van der Waals surface area (Å²) in [6.07, 6.45) is 0. The Morgan fingerprint density at radius 1 is 1.31 bits per heavy atom. The molecule has 1 amide bonds. The Hall–Kier alpha value is -0.580. The fourth-order valence-corrected chi connectivity index (χ4v) is 1.44. The third-order valence-corrected chi connectivity index (χ3v) is 2.67. The van der Waals surface area contributed by atoms with Gasteiger partial charge in [-0.15, -0.1) is 12.4 Å². The summed E-state index contributed by atoms with van der Waals surface area (Å²) >= 11 is 3.36. The van der Waals surface area contributed by atoms with Gasteiger partial charge < -0.3 is 11.1 Å². The second kappa shape index (κ2) is 6.89. The van der Waals surface area contributed by atoms with Gasteiger partial charge in [-0.05, 0) is 31.5 Å². The number of nitrogens with one attached hydrogen (secondary N) is 1. The van der Waals surface area contributed by atoms with Gasteiger partial charge in [0.05, 0.1) is 12.1 Å². The van der Waals surface area contributed by atoms with E-state index in [2.05, 4.69) is 21.2 Å². The van der Waals surface area contributed by atoms with E-state index in [0.29, 0.717) is 0 Å². The van der Waals surface area contributed by atoms with Crippen LogP contribution in [0, 0.1) is 0 Å². The predicted octanol–water partition coefficient (Wildman–Crippen LogP) is 2.40. The number of amides is 1. The third kappa shape index (κ3) is 4.51. The monoisotopic (exact) mass is 306 g/mol. The molecule has 0 spiro atoms. The van der Waals surface area contributed by atoms with Crippen LogP contribution in [0.15, 0.2) is 28.7 Å². The van der Waals surface area contributed by atoms with Gasteiger partial charge in [0.15, 0.2) is 0 Å². The summed E-state index contributed by atoms with van der Waals surface area (Å²) in [4.78, 5) is 11.3. The molecule has 16 heavy (non-hydrogen) atoms. The Morgan fingerprint density at radius 2 is 1.81 bits per heavy atom. The van der Waals surface area contributed by atoms with Crippen molar-refractivity contribution < 1.29 is 4.79 Å². The van der Waals surface area contributed by atoms with Gasteiger partial charge in [-0.25, -0.2) is 0 Å². The van der Waals surface area contributed by atoms with E-state index in [0.717, 1.165) is 10.0 Å². The fraction of sp³-hybridized carbons (Fsp3) is 0.364. The summed E-state index contributed by atoms with van der Waals surface area (Å²) in [6, 6.07) is 7.35. The Morgan fingerprint density at radius 3 is 2.25 bits per heavy atom. The molecule has 1 aromatic rings. The second-order valence-corrected chi connectivity index (χ2v) is 4.49. The van der Waals surface area contributed by atoms with Crippen molar-refractivity contribution in [3.8, 4) is 0 Å². The lowest BCUT2D eigenvalue weighted by Crippen LogP contribution is -2.39. The third-order valence-electron chi connectivity index (χ3n) is 2.14. The fourth-order valence-electron chi connectivity index (χ4n) is 1.18. The van der Waals surface area contributed by atoms with Crippen LogP contribution in [0.1, 0.15) is 25.5 Å². The van der Waals surface area contributed by atoms with Gasteiger partial charge in [0.2, 0.25) is 5.91 Å². The maximum Gasteiger partial charge on any atom is 0.237 e. The van der Waals surface area contributed by atoms with E-state index in [1.54, 1.807) is 6.92 Å². The Balaban J connectivity index is 0.00000225. The molecule has 0 aliphatic heterocycles. The molecule has 0 saturated carbocycles. The molecule has 0 aliphatic rings. The highest BCUT2D eigenvalue weighted by Gasteiger charge is 2.12. The van der Waals surface area contributed by atoms with Crippen LogP contribution in [0.4, 0.5) is 0 Å². The molecule has 0 aliphatic carbocycles. The average Bonchev–Trinajstić information content (AvgIpc) is 2.18. The molecule has 0 radical (unpaired) electrons. The van der Waals surface area contributed by atoms with Crippen molar-refractivity contribution in [3.05, 3.63) is 34.3 Å². The zero-order valence-electron chi connectivity index (χ0n) is 9.24. The van der Waals surface area contributed by atoms with E-state index in [1.807, 2.05) is 31.2 Å². The maximum absolute atomic E-state index is 11.3. The Labute approximate surface area is 110 Å². The number of carbonyl (C=O) groups excluding carboxylic acids is 1. The molecule has 3 N–H and O–H groups in total. The molecule has 5 heteroatoms. The van der Waals surface area contributed by atoms with E-state index in [1.165, 1.54) is 0 Å². The Bertz CT molecular complexity index is 340. The van der Waals surface area contributed by atoms with Gasteiger partial charge in [-0.3, -0.25) is 4.79 Å². The highest BCUT2D eigenvalue weighted by Crippen LogP contribution is 2.16. The summed E-state index contributed by atoms with van der Waals surface area (Å²) in [5.74, 6) is -0.134. The molecule has 90 valence electrons. The first-order valence-electron chi connectivity index (χ1n) is 4.82. The first-order valence-corrected chi connectivity index (χ1v) is 5.61. The number of hydrogen-bond donors (Lipinski definition) is 2. The van der Waals surface area contributed by atoms with Crippen LogP contribution >= 0.6 is 28.3 Å². The van der Waals surface area contributed by atoms with Crippen molar-refractivity contribution in [3.63, 3.8) is 0 Å². The molecular weight excluding hydrogens is 291 g/mol. The minimum Gasteiger partial charge on any atom is -0.348 e. The molecule has 3 nitrogen and oxygen atoms in total. The number of hydrogen-bond acceptors (Lipinski definition) is 2. The zero-order chi connectivity index (χ0) is 11.4. The first-order chi connectivity index (χ1) is 7.00. The summed E-state index contributed by atoms with van der Waals surface area (Å²) in [7, 11) is 0.